The number of hydrogen-bond acceptors (Lipinski definition) is 4. The van der Waals surface area contributed by atoms with E-state index in [9.17, 15) is 4.79 Å². The van der Waals surface area contributed by atoms with E-state index in [0.29, 0.717) is 0 Å². The molecule has 5 heteroatoms. The van der Waals surface area contributed by atoms with Gasteiger partial charge >= 0.3 is 0 Å². The van der Waals surface area contributed by atoms with Crippen LogP contribution in [0.3, 0.4) is 0 Å². The number of ether oxygens (including phenoxy) is 1. The van der Waals surface area contributed by atoms with Crippen LogP contribution < -0.4 is 10.3 Å². The second-order valence-electron chi connectivity index (χ2n) is 7.76. The lowest BCUT2D eigenvalue weighted by Gasteiger charge is -2.26. The van der Waals surface area contributed by atoms with Gasteiger partial charge in [0.2, 0.25) is 0 Å². The lowest BCUT2D eigenvalue weighted by Crippen LogP contribution is -2.30. The minimum absolute atomic E-state index is 0.0877. The molecule has 5 nitrogen and oxygen atoms in total. The molecule has 0 bridgehead atoms. The highest BCUT2D eigenvalue weighted by atomic mass is 16.5. The van der Waals surface area contributed by atoms with Gasteiger partial charge in [-0.2, -0.15) is 0 Å². The zero-order valence-electron chi connectivity index (χ0n) is 16.7. The van der Waals surface area contributed by atoms with Crippen LogP contribution in [-0.2, 0) is 19.3 Å². The molecule has 0 unspecified atom stereocenters. The van der Waals surface area contributed by atoms with E-state index >= 15 is 0 Å². The molecule has 28 heavy (non-hydrogen) atoms. The van der Waals surface area contributed by atoms with Gasteiger partial charge in [0, 0.05) is 25.1 Å². The minimum Gasteiger partial charge on any atom is -0.497 e. The number of nitrogens with one attached hydrogen (secondary N) is 1. The van der Waals surface area contributed by atoms with Gasteiger partial charge in [0.05, 0.1) is 12.8 Å². The van der Waals surface area contributed by atoms with Crippen LogP contribution in [0.2, 0.25) is 0 Å². The van der Waals surface area contributed by atoms with Gasteiger partial charge in [-0.05, 0) is 68.3 Å². The maximum atomic E-state index is 12.2. The standard InChI is InChI=1S/C23H29N3O2/c1-28-19-10-8-17(9-11-19)18-12-15-26(16-13-18)14-4-7-22-24-21-6-3-2-5-20(21)23(27)25-22/h8-12H,2-7,13-16H2,1H3,(H,24,25,27). The molecule has 1 aromatic carbocycles. The van der Waals surface area contributed by atoms with Crippen molar-refractivity contribution in [3.05, 3.63) is 63.3 Å². The first-order chi connectivity index (χ1) is 13.7. The molecular formula is C23H29N3O2. The predicted molar refractivity (Wildman–Crippen MR) is 112 cm³/mol. The summed E-state index contributed by atoms with van der Waals surface area (Å²) in [6.45, 7) is 3.09. The van der Waals surface area contributed by atoms with Crippen LogP contribution in [0.25, 0.3) is 5.57 Å². The molecule has 0 saturated heterocycles. The lowest BCUT2D eigenvalue weighted by molar-refractivity contribution is 0.297. The van der Waals surface area contributed by atoms with Crippen molar-refractivity contribution in [3.63, 3.8) is 0 Å². The Morgan fingerprint density at radius 3 is 2.71 bits per heavy atom. The number of rotatable bonds is 6. The van der Waals surface area contributed by atoms with Gasteiger partial charge in [-0.3, -0.25) is 9.69 Å². The molecule has 0 radical (unpaired) electrons. The highest BCUT2D eigenvalue weighted by molar-refractivity contribution is 5.67. The molecule has 0 spiro atoms. The van der Waals surface area contributed by atoms with Gasteiger partial charge in [-0.1, -0.05) is 18.2 Å². The average molecular weight is 380 g/mol. The number of aryl methyl sites for hydroxylation is 2. The number of aromatic amines is 1. The van der Waals surface area contributed by atoms with E-state index in [0.717, 1.165) is 87.4 Å². The smallest absolute Gasteiger partial charge is 0.254 e. The molecule has 0 saturated carbocycles. The first kappa shape index (κ1) is 18.9. The van der Waals surface area contributed by atoms with E-state index in [-0.39, 0.29) is 5.56 Å². The van der Waals surface area contributed by atoms with Crippen molar-refractivity contribution in [1.29, 1.82) is 0 Å². The molecule has 148 valence electrons. The summed E-state index contributed by atoms with van der Waals surface area (Å²) in [6, 6.07) is 8.32. The molecule has 0 fully saturated rings. The third kappa shape index (κ3) is 4.36. The summed E-state index contributed by atoms with van der Waals surface area (Å²) in [4.78, 5) is 22.4. The number of H-pyrrole nitrogens is 1. The lowest BCUT2D eigenvalue weighted by atomic mass is 9.97. The van der Waals surface area contributed by atoms with Crippen molar-refractivity contribution in [3.8, 4) is 5.75 Å². The molecule has 0 amide bonds. The first-order valence-corrected chi connectivity index (χ1v) is 10.4. The average Bonchev–Trinajstić information content (AvgIpc) is 2.74. The Hall–Kier alpha value is -2.40. The van der Waals surface area contributed by atoms with Crippen molar-refractivity contribution >= 4 is 5.57 Å². The van der Waals surface area contributed by atoms with Crippen molar-refractivity contribution in [2.75, 3.05) is 26.7 Å². The molecule has 1 aliphatic heterocycles. The molecule has 0 atom stereocenters. The molecule has 1 aromatic heterocycles. The third-order valence-corrected chi connectivity index (χ3v) is 5.88. The topological polar surface area (TPSA) is 58.2 Å². The summed E-state index contributed by atoms with van der Waals surface area (Å²) in [5.41, 5.74) is 4.75. The summed E-state index contributed by atoms with van der Waals surface area (Å²) < 4.78 is 5.24. The number of aromatic nitrogens is 2. The normalized spacial score (nSPS) is 17.1. The predicted octanol–water partition coefficient (Wildman–Crippen LogP) is 3.38. The van der Waals surface area contributed by atoms with Gasteiger partial charge < -0.3 is 9.72 Å². The monoisotopic (exact) mass is 379 g/mol. The molecule has 2 aliphatic rings. The van der Waals surface area contributed by atoms with E-state index < -0.39 is 0 Å². The van der Waals surface area contributed by atoms with Crippen molar-refractivity contribution < 1.29 is 4.74 Å². The molecule has 1 aliphatic carbocycles. The number of fused-ring (bicyclic) bond motifs is 1. The highest BCUT2D eigenvalue weighted by Gasteiger charge is 2.16. The first-order valence-electron chi connectivity index (χ1n) is 10.4. The van der Waals surface area contributed by atoms with Crippen LogP contribution in [0.1, 0.15) is 48.3 Å². The van der Waals surface area contributed by atoms with Crippen molar-refractivity contribution in [2.24, 2.45) is 0 Å². The maximum Gasteiger partial charge on any atom is 0.254 e. The Labute approximate surface area is 166 Å². The number of methoxy groups -OCH3 is 1. The van der Waals surface area contributed by atoms with Crippen LogP contribution >= 0.6 is 0 Å². The van der Waals surface area contributed by atoms with Crippen LogP contribution in [0.15, 0.2) is 35.1 Å². The number of hydrogen-bond donors (Lipinski definition) is 1. The van der Waals surface area contributed by atoms with Crippen LogP contribution in [0.5, 0.6) is 5.75 Å². The quantitative estimate of drug-likeness (QED) is 0.836. The van der Waals surface area contributed by atoms with Gasteiger partial charge in [0.25, 0.3) is 5.56 Å². The highest BCUT2D eigenvalue weighted by Crippen LogP contribution is 2.24. The fraction of sp³-hybridized carbons (Fsp3) is 0.478. The second-order valence-corrected chi connectivity index (χ2v) is 7.76. The third-order valence-electron chi connectivity index (χ3n) is 5.88. The fourth-order valence-corrected chi connectivity index (χ4v) is 4.22. The van der Waals surface area contributed by atoms with Crippen LogP contribution in [0.4, 0.5) is 0 Å². The maximum absolute atomic E-state index is 12.2. The van der Waals surface area contributed by atoms with Gasteiger partial charge in [0.15, 0.2) is 0 Å². The van der Waals surface area contributed by atoms with E-state index in [1.54, 1.807) is 7.11 Å². The fourth-order valence-electron chi connectivity index (χ4n) is 4.22. The zero-order chi connectivity index (χ0) is 19.3. The number of nitrogens with zero attached hydrogens (tertiary/aromatic N) is 2. The molecule has 2 heterocycles. The summed E-state index contributed by atoms with van der Waals surface area (Å²) in [7, 11) is 1.70. The van der Waals surface area contributed by atoms with Gasteiger partial charge in [-0.25, -0.2) is 4.98 Å². The van der Waals surface area contributed by atoms with Gasteiger partial charge in [-0.15, -0.1) is 0 Å². The molecular weight excluding hydrogens is 350 g/mol. The minimum atomic E-state index is 0.0877. The zero-order valence-corrected chi connectivity index (χ0v) is 16.7. The Morgan fingerprint density at radius 1 is 1.14 bits per heavy atom. The summed E-state index contributed by atoms with van der Waals surface area (Å²) >= 11 is 0. The van der Waals surface area contributed by atoms with Crippen molar-refractivity contribution in [2.45, 2.75) is 44.9 Å². The largest absolute Gasteiger partial charge is 0.497 e. The van der Waals surface area contributed by atoms with E-state index in [1.807, 2.05) is 12.1 Å². The van der Waals surface area contributed by atoms with E-state index in [4.69, 9.17) is 9.72 Å². The Bertz CT molecular complexity index is 899. The summed E-state index contributed by atoms with van der Waals surface area (Å²) in [5.74, 6) is 1.76. The summed E-state index contributed by atoms with van der Waals surface area (Å²) in [6.07, 6.45) is 9.37. The Kier molecular flexibility index (Phi) is 5.91. The number of benzene rings is 1. The Morgan fingerprint density at radius 2 is 1.96 bits per heavy atom. The van der Waals surface area contributed by atoms with Crippen molar-refractivity contribution in [1.82, 2.24) is 14.9 Å². The Balaban J connectivity index is 1.29. The van der Waals surface area contributed by atoms with E-state index in [1.165, 1.54) is 11.1 Å². The SMILES string of the molecule is COc1ccc(C2=CCN(CCCc3nc4c(c(=O)[nH]3)CCCC4)CC2)cc1. The van der Waals surface area contributed by atoms with Gasteiger partial charge in [0.1, 0.15) is 11.6 Å². The second kappa shape index (κ2) is 8.74. The van der Waals surface area contributed by atoms with Crippen LogP contribution in [-0.4, -0.2) is 41.6 Å². The molecule has 2 aromatic rings. The molecule has 4 rings (SSSR count). The van der Waals surface area contributed by atoms with Crippen LogP contribution in [0, 0.1) is 0 Å². The van der Waals surface area contributed by atoms with E-state index in [2.05, 4.69) is 28.1 Å². The molecule has 1 N–H and O–H groups in total. The summed E-state index contributed by atoms with van der Waals surface area (Å²) in [5, 5.41) is 0.